The van der Waals surface area contributed by atoms with Gasteiger partial charge in [0.15, 0.2) is 5.75 Å². The van der Waals surface area contributed by atoms with Crippen molar-refractivity contribution < 1.29 is 27.8 Å². The van der Waals surface area contributed by atoms with E-state index >= 15 is 0 Å². The first-order valence-electron chi connectivity index (χ1n) is 6.71. The highest BCUT2D eigenvalue weighted by Crippen LogP contribution is 2.41. The standard InChI is InChI=1S/C16H11Cl2F3O3/c17-12-7-10(16(19,20)21)8-13(18)15(12)24-11-3-1-2-9(6-11)4-5-14(22)23/h1-3,6-8H,4-5H2,(H,22,23). The number of rotatable bonds is 5. The van der Waals surface area contributed by atoms with E-state index in [0.717, 1.165) is 12.1 Å². The van der Waals surface area contributed by atoms with E-state index in [2.05, 4.69) is 0 Å². The molecule has 0 bridgehead atoms. The fourth-order valence-electron chi connectivity index (χ4n) is 1.95. The van der Waals surface area contributed by atoms with E-state index in [-0.39, 0.29) is 22.2 Å². The Kier molecular flexibility index (Phi) is 5.62. The van der Waals surface area contributed by atoms with Crippen molar-refractivity contribution in [3.63, 3.8) is 0 Å². The number of carbonyl (C=O) groups is 1. The summed E-state index contributed by atoms with van der Waals surface area (Å²) >= 11 is 11.7. The molecule has 0 aliphatic carbocycles. The lowest BCUT2D eigenvalue weighted by Gasteiger charge is -2.13. The Morgan fingerprint density at radius 3 is 2.29 bits per heavy atom. The maximum atomic E-state index is 12.7. The van der Waals surface area contributed by atoms with Crippen LogP contribution in [0.15, 0.2) is 36.4 Å². The third-order valence-electron chi connectivity index (χ3n) is 3.07. The van der Waals surface area contributed by atoms with Crippen LogP contribution >= 0.6 is 23.2 Å². The van der Waals surface area contributed by atoms with Crippen LogP contribution < -0.4 is 4.74 Å². The number of alkyl halides is 3. The minimum atomic E-state index is -4.57. The van der Waals surface area contributed by atoms with Gasteiger partial charge in [-0.3, -0.25) is 4.79 Å². The Morgan fingerprint density at radius 1 is 1.12 bits per heavy atom. The largest absolute Gasteiger partial charge is 0.481 e. The van der Waals surface area contributed by atoms with E-state index in [4.69, 9.17) is 33.0 Å². The van der Waals surface area contributed by atoms with E-state index in [0.29, 0.717) is 17.7 Å². The summed E-state index contributed by atoms with van der Waals surface area (Å²) in [6, 6.07) is 7.96. The molecule has 0 atom stereocenters. The van der Waals surface area contributed by atoms with Gasteiger partial charge in [-0.05, 0) is 36.2 Å². The second-order valence-electron chi connectivity index (χ2n) is 4.91. The highest BCUT2D eigenvalue weighted by molar-refractivity contribution is 6.37. The second-order valence-corrected chi connectivity index (χ2v) is 5.72. The summed E-state index contributed by atoms with van der Waals surface area (Å²) in [4.78, 5) is 10.6. The monoisotopic (exact) mass is 378 g/mol. The van der Waals surface area contributed by atoms with Crippen molar-refractivity contribution in [3.05, 3.63) is 57.6 Å². The van der Waals surface area contributed by atoms with Crippen molar-refractivity contribution in [2.45, 2.75) is 19.0 Å². The van der Waals surface area contributed by atoms with Gasteiger partial charge in [0, 0.05) is 6.42 Å². The normalized spacial score (nSPS) is 11.4. The molecule has 0 aliphatic rings. The summed E-state index contributed by atoms with van der Waals surface area (Å²) in [7, 11) is 0. The highest BCUT2D eigenvalue weighted by Gasteiger charge is 2.32. The van der Waals surface area contributed by atoms with Gasteiger partial charge in [-0.1, -0.05) is 35.3 Å². The molecular weight excluding hydrogens is 368 g/mol. The fourth-order valence-corrected chi connectivity index (χ4v) is 2.52. The molecule has 2 aromatic rings. The predicted molar refractivity (Wildman–Crippen MR) is 83.9 cm³/mol. The predicted octanol–water partition coefficient (Wildman–Crippen LogP) is 5.82. The first kappa shape index (κ1) is 18.4. The van der Waals surface area contributed by atoms with E-state index in [9.17, 15) is 18.0 Å². The van der Waals surface area contributed by atoms with Crippen molar-refractivity contribution in [2.24, 2.45) is 0 Å². The molecule has 128 valence electrons. The Bertz CT molecular complexity index is 737. The highest BCUT2D eigenvalue weighted by atomic mass is 35.5. The summed E-state index contributed by atoms with van der Waals surface area (Å²) in [5.41, 5.74) is -0.269. The Labute approximate surface area is 145 Å². The molecule has 0 heterocycles. The van der Waals surface area contributed by atoms with Crippen LogP contribution in [0.1, 0.15) is 17.5 Å². The van der Waals surface area contributed by atoms with Gasteiger partial charge in [-0.25, -0.2) is 0 Å². The first-order valence-corrected chi connectivity index (χ1v) is 7.47. The number of aryl methyl sites for hydroxylation is 1. The van der Waals surface area contributed by atoms with Gasteiger partial charge in [0.25, 0.3) is 0 Å². The van der Waals surface area contributed by atoms with Crippen molar-refractivity contribution in [1.82, 2.24) is 0 Å². The van der Waals surface area contributed by atoms with Crippen LogP contribution in [0.2, 0.25) is 10.0 Å². The van der Waals surface area contributed by atoms with Gasteiger partial charge in [-0.2, -0.15) is 13.2 Å². The third-order valence-corrected chi connectivity index (χ3v) is 3.63. The molecule has 0 unspecified atom stereocenters. The molecule has 0 saturated heterocycles. The molecule has 2 aromatic carbocycles. The van der Waals surface area contributed by atoms with Crippen LogP contribution in [-0.4, -0.2) is 11.1 Å². The number of halogens is 5. The molecule has 1 N–H and O–H groups in total. The van der Waals surface area contributed by atoms with Crippen molar-refractivity contribution >= 4 is 29.2 Å². The lowest BCUT2D eigenvalue weighted by atomic mass is 10.1. The molecule has 0 spiro atoms. The lowest BCUT2D eigenvalue weighted by Crippen LogP contribution is -2.05. The quantitative estimate of drug-likeness (QED) is 0.712. The average Bonchev–Trinajstić information content (AvgIpc) is 2.48. The van der Waals surface area contributed by atoms with Crippen LogP contribution in [0, 0.1) is 0 Å². The fraction of sp³-hybridized carbons (Fsp3) is 0.188. The van der Waals surface area contributed by atoms with Gasteiger partial charge < -0.3 is 9.84 Å². The molecule has 0 amide bonds. The molecular formula is C16H11Cl2F3O3. The lowest BCUT2D eigenvalue weighted by molar-refractivity contribution is -0.138. The zero-order valence-electron chi connectivity index (χ0n) is 12.0. The molecule has 8 heteroatoms. The molecule has 0 aliphatic heterocycles. The van der Waals surface area contributed by atoms with Gasteiger partial charge in [0.2, 0.25) is 0 Å². The molecule has 0 radical (unpaired) electrons. The second kappa shape index (κ2) is 7.32. The SMILES string of the molecule is O=C(O)CCc1cccc(Oc2c(Cl)cc(C(F)(F)F)cc2Cl)c1. The van der Waals surface area contributed by atoms with E-state index in [1.54, 1.807) is 24.3 Å². The van der Waals surface area contributed by atoms with E-state index < -0.39 is 17.7 Å². The topological polar surface area (TPSA) is 46.5 Å². The number of carboxylic acids is 1. The summed E-state index contributed by atoms with van der Waals surface area (Å²) < 4.78 is 43.6. The number of benzene rings is 2. The summed E-state index contributed by atoms with van der Waals surface area (Å²) in [5.74, 6) is -0.738. The van der Waals surface area contributed by atoms with Crippen LogP contribution in [0.4, 0.5) is 13.2 Å². The molecule has 24 heavy (non-hydrogen) atoms. The molecule has 0 aromatic heterocycles. The van der Waals surface area contributed by atoms with Crippen molar-refractivity contribution in [1.29, 1.82) is 0 Å². The van der Waals surface area contributed by atoms with Gasteiger partial charge in [-0.15, -0.1) is 0 Å². The number of hydrogen-bond donors (Lipinski definition) is 1. The van der Waals surface area contributed by atoms with E-state index in [1.807, 2.05) is 0 Å². The van der Waals surface area contributed by atoms with Crippen LogP contribution in [0.5, 0.6) is 11.5 Å². The average molecular weight is 379 g/mol. The summed E-state index contributed by atoms with van der Waals surface area (Å²) in [6.45, 7) is 0. The minimum Gasteiger partial charge on any atom is -0.481 e. The minimum absolute atomic E-state index is 0.0504. The zero-order valence-corrected chi connectivity index (χ0v) is 13.5. The van der Waals surface area contributed by atoms with E-state index in [1.165, 1.54) is 0 Å². The van der Waals surface area contributed by atoms with Gasteiger partial charge in [0.05, 0.1) is 15.6 Å². The number of carboxylic acid groups (broad SMARTS) is 1. The summed E-state index contributed by atoms with van der Waals surface area (Å²) in [6.07, 6.45) is -4.32. The van der Waals surface area contributed by atoms with Crippen LogP contribution in [0.25, 0.3) is 0 Å². The van der Waals surface area contributed by atoms with Crippen molar-refractivity contribution in [3.8, 4) is 11.5 Å². The van der Waals surface area contributed by atoms with Crippen molar-refractivity contribution in [2.75, 3.05) is 0 Å². The molecule has 2 rings (SSSR count). The van der Waals surface area contributed by atoms with Crippen LogP contribution in [0.3, 0.4) is 0 Å². The summed E-state index contributed by atoms with van der Waals surface area (Å²) in [5, 5.41) is 8.14. The zero-order chi connectivity index (χ0) is 17.9. The maximum Gasteiger partial charge on any atom is 0.416 e. The molecule has 0 saturated carbocycles. The number of aliphatic carboxylic acids is 1. The maximum absolute atomic E-state index is 12.7. The Balaban J connectivity index is 2.25. The molecule has 3 nitrogen and oxygen atoms in total. The number of hydrogen-bond acceptors (Lipinski definition) is 2. The Morgan fingerprint density at radius 2 is 1.75 bits per heavy atom. The first-order chi connectivity index (χ1) is 11.2. The number of ether oxygens (including phenoxy) is 1. The smallest absolute Gasteiger partial charge is 0.416 e. The van der Waals surface area contributed by atoms with Gasteiger partial charge >= 0.3 is 12.1 Å². The third kappa shape index (κ3) is 4.79. The molecule has 0 fully saturated rings. The Hall–Kier alpha value is -1.92. The van der Waals surface area contributed by atoms with Gasteiger partial charge in [0.1, 0.15) is 5.75 Å². The van der Waals surface area contributed by atoms with Crippen LogP contribution in [-0.2, 0) is 17.4 Å².